The molecule has 1 aliphatic heterocycles. The van der Waals surface area contributed by atoms with Crippen LogP contribution >= 0.6 is 0 Å². The lowest BCUT2D eigenvalue weighted by Crippen LogP contribution is -2.75. The van der Waals surface area contributed by atoms with Crippen LogP contribution < -0.4 is 11.0 Å². The Kier molecular flexibility index (Phi) is 9.41. The Labute approximate surface area is 275 Å². The van der Waals surface area contributed by atoms with Crippen LogP contribution in [0.4, 0.5) is 0 Å². The van der Waals surface area contributed by atoms with Crippen molar-refractivity contribution in [3.63, 3.8) is 0 Å². The normalized spacial score (nSPS) is 38.7. The molecule has 3 fully saturated rings. The second-order valence-electron chi connectivity index (χ2n) is 14.6. The average molecular weight is 654 g/mol. The van der Waals surface area contributed by atoms with Crippen LogP contribution in [-0.4, -0.2) is 95.9 Å². The summed E-state index contributed by atoms with van der Waals surface area (Å²) in [6.07, 6.45) is -5.27. The predicted octanol–water partition coefficient (Wildman–Crippen LogP) is 0.758. The number of hydrogen-bond acceptors (Lipinski definition) is 12. The zero-order chi connectivity index (χ0) is 34.7. The van der Waals surface area contributed by atoms with Gasteiger partial charge in [-0.1, -0.05) is 58.0 Å². The molecular weight excluding hydrogens is 607 g/mol. The maximum atomic E-state index is 14.4. The van der Waals surface area contributed by atoms with Gasteiger partial charge in [0.25, 0.3) is 7.41 Å². The van der Waals surface area contributed by atoms with Crippen molar-refractivity contribution in [2.24, 2.45) is 33.8 Å². The number of aliphatic hydroxyl groups excluding tert-OH is 2. The molecule has 2 bridgehead atoms. The number of rotatable bonds is 9. The van der Waals surface area contributed by atoms with E-state index in [1.54, 1.807) is 58.0 Å². The minimum atomic E-state index is -1.71. The first-order chi connectivity index (χ1) is 22.0. The number of nitrogens with two attached hydrogens (primary N) is 1. The van der Waals surface area contributed by atoms with Crippen LogP contribution in [0.15, 0.2) is 41.5 Å². The number of fused-ring (bicyclic) bond motifs is 5. The van der Waals surface area contributed by atoms with Gasteiger partial charge in [-0.05, 0) is 42.4 Å². The molecule has 47 heavy (non-hydrogen) atoms. The summed E-state index contributed by atoms with van der Waals surface area (Å²) in [4.78, 5) is 52.2. The van der Waals surface area contributed by atoms with Crippen molar-refractivity contribution in [2.75, 3.05) is 13.2 Å². The summed E-state index contributed by atoms with van der Waals surface area (Å²) < 4.78 is 17.4. The van der Waals surface area contributed by atoms with Gasteiger partial charge in [0.05, 0.1) is 48.6 Å². The quantitative estimate of drug-likeness (QED) is 0.109. The van der Waals surface area contributed by atoms with Crippen molar-refractivity contribution in [1.82, 2.24) is 5.23 Å². The first-order valence-electron chi connectivity index (χ1n) is 16.1. The summed E-state index contributed by atoms with van der Waals surface area (Å²) >= 11 is 0. The van der Waals surface area contributed by atoms with Gasteiger partial charge in [0.2, 0.25) is 6.10 Å². The summed E-state index contributed by atoms with van der Waals surface area (Å²) in [5.74, 6) is -3.66. The number of hydrogen-bond donors (Lipinski definition) is 5. The molecule has 1 radical (unpaired) electrons. The number of ether oxygens (including phenoxy) is 3. The number of carbonyl (C=O) groups is 4. The Morgan fingerprint density at radius 3 is 2.43 bits per heavy atom. The van der Waals surface area contributed by atoms with Gasteiger partial charge in [-0.25, -0.2) is 4.79 Å². The molecule has 13 heteroatoms. The molecule has 6 N–H and O–H groups in total. The monoisotopic (exact) mass is 653 g/mol. The number of carbonyl (C=O) groups excluding carboxylic acids is 4. The van der Waals surface area contributed by atoms with E-state index in [0.717, 1.165) is 7.41 Å². The lowest BCUT2D eigenvalue weighted by molar-refractivity contribution is -0.302. The molecule has 3 aliphatic carbocycles. The Morgan fingerprint density at radius 1 is 1.19 bits per heavy atom. The second-order valence-corrected chi connectivity index (χ2v) is 14.6. The molecule has 0 unspecified atom stereocenters. The van der Waals surface area contributed by atoms with E-state index in [2.05, 4.69) is 5.23 Å². The Morgan fingerprint density at radius 2 is 1.85 bits per heavy atom. The van der Waals surface area contributed by atoms with Gasteiger partial charge in [-0.2, -0.15) is 0 Å². The van der Waals surface area contributed by atoms with Gasteiger partial charge in [0.1, 0.15) is 12.2 Å². The molecule has 4 aliphatic rings. The SMILES string of the molecule is CC1=C2[C@@H](O)C(=O)[C@@]3(C)[C@H]([C@H](C)[C@](O)(C[C@@H]1OC(=O)[C@H](OC(=O)CN)[C@@H](N[B]C=O)c1ccccc1)C2(C)C)[C@]1(C)CO[C@@H]1C[C@@H]3O. The first kappa shape index (κ1) is 35.4. The third-order valence-electron chi connectivity index (χ3n) is 12.0. The molecule has 1 aromatic carbocycles. The van der Waals surface area contributed by atoms with E-state index < -0.39 is 88.4 Å². The highest BCUT2D eigenvalue weighted by atomic mass is 16.6. The summed E-state index contributed by atoms with van der Waals surface area (Å²) in [5, 5.41) is 39.0. The minimum absolute atomic E-state index is 0.102. The molecule has 0 spiro atoms. The van der Waals surface area contributed by atoms with Crippen molar-refractivity contribution in [3.05, 3.63) is 47.0 Å². The molecule has 2 saturated carbocycles. The molecule has 255 valence electrons. The van der Waals surface area contributed by atoms with Crippen molar-refractivity contribution in [3.8, 4) is 0 Å². The van der Waals surface area contributed by atoms with Gasteiger partial charge in [-0.15, -0.1) is 0 Å². The Balaban J connectivity index is 1.59. The highest BCUT2D eigenvalue weighted by Gasteiger charge is 2.72. The molecule has 0 amide bonds. The Bertz CT molecular complexity index is 1450. The number of aliphatic hydroxyl groups is 3. The number of ketones is 1. The maximum absolute atomic E-state index is 14.4. The third-order valence-corrected chi connectivity index (χ3v) is 12.0. The number of benzene rings is 1. The standard InChI is InChI=1S/C34H46BN2O10/c1-17-20(46-30(43)27(47-23(40)14-36)25(37-35-16-38)19-10-8-7-9-11-19)13-34(44)18(2)28-32(5)15-45-22(32)12-21(39)33(28,6)29(42)26(41)24(17)31(34,3)4/h7-11,16,18,20-22,25-28,37,39,41,44H,12-15,36H2,1-6H3/t18-,20-,21-,22+,25-,26+,27+,28+,32+,33+,34+/m0/s1. The zero-order valence-corrected chi connectivity index (χ0v) is 27.8. The first-order valence-corrected chi connectivity index (χ1v) is 16.1. The molecule has 1 saturated heterocycles. The minimum Gasteiger partial charge on any atom is -0.455 e. The number of Topliss-reactive ketones (excluding diaryl/α,β-unsaturated/α-hetero) is 1. The fraction of sp³-hybridized carbons (Fsp3) is 0.647. The second kappa shape index (κ2) is 12.5. The smallest absolute Gasteiger partial charge is 0.350 e. The summed E-state index contributed by atoms with van der Waals surface area (Å²) in [6, 6.07) is 7.51. The lowest BCUT2D eigenvalue weighted by Gasteiger charge is -2.68. The van der Waals surface area contributed by atoms with Crippen LogP contribution in [0.25, 0.3) is 0 Å². The van der Waals surface area contributed by atoms with E-state index in [9.17, 15) is 34.5 Å². The highest BCUT2D eigenvalue weighted by molar-refractivity contribution is 6.64. The molecule has 1 aromatic rings. The summed E-state index contributed by atoms with van der Waals surface area (Å²) in [6.45, 7) is 10.5. The summed E-state index contributed by atoms with van der Waals surface area (Å²) in [7, 11) is 1.07. The fourth-order valence-corrected chi connectivity index (χ4v) is 9.38. The number of nitrogens with one attached hydrogen (secondary N) is 1. The largest absolute Gasteiger partial charge is 0.455 e. The van der Waals surface area contributed by atoms with Gasteiger partial charge in [0.15, 0.2) is 5.78 Å². The van der Waals surface area contributed by atoms with Crippen LogP contribution in [0.2, 0.25) is 0 Å². The van der Waals surface area contributed by atoms with Crippen molar-refractivity contribution in [2.45, 2.75) is 96.5 Å². The molecule has 1 heterocycles. The molecule has 12 nitrogen and oxygen atoms in total. The molecule has 0 aromatic heterocycles. The fourth-order valence-electron chi connectivity index (χ4n) is 9.38. The Hall–Kier alpha value is -2.94. The van der Waals surface area contributed by atoms with E-state index in [4.69, 9.17) is 19.9 Å². The van der Waals surface area contributed by atoms with E-state index >= 15 is 0 Å². The topological polar surface area (TPSA) is 195 Å². The maximum Gasteiger partial charge on any atom is 0.350 e. The van der Waals surface area contributed by atoms with Crippen LogP contribution in [0.1, 0.15) is 66.0 Å². The molecular formula is C34H46BN2O10. The highest BCUT2D eigenvalue weighted by Crippen LogP contribution is 2.66. The third kappa shape index (κ3) is 5.30. The van der Waals surface area contributed by atoms with Crippen molar-refractivity contribution >= 4 is 31.3 Å². The average Bonchev–Trinajstić information content (AvgIpc) is 3.03. The van der Waals surface area contributed by atoms with Gasteiger partial charge in [-0.3, -0.25) is 9.59 Å². The van der Waals surface area contributed by atoms with Crippen LogP contribution in [0, 0.1) is 28.1 Å². The van der Waals surface area contributed by atoms with Crippen molar-refractivity contribution < 1.29 is 48.7 Å². The van der Waals surface area contributed by atoms with Crippen LogP contribution in [-0.2, 0) is 33.4 Å². The van der Waals surface area contributed by atoms with Gasteiger partial charge < -0.3 is 45.3 Å². The zero-order valence-electron chi connectivity index (χ0n) is 27.8. The predicted molar refractivity (Wildman–Crippen MR) is 170 cm³/mol. The summed E-state index contributed by atoms with van der Waals surface area (Å²) in [5.41, 5.74) is 1.86. The van der Waals surface area contributed by atoms with Crippen LogP contribution in [0.5, 0.6) is 0 Å². The van der Waals surface area contributed by atoms with Gasteiger partial charge in [0, 0.05) is 23.7 Å². The van der Waals surface area contributed by atoms with E-state index in [-0.39, 0.29) is 24.5 Å². The van der Waals surface area contributed by atoms with Crippen LogP contribution in [0.3, 0.4) is 0 Å². The lowest BCUT2D eigenvalue weighted by atomic mass is 9.40. The van der Waals surface area contributed by atoms with Gasteiger partial charge >= 0.3 is 11.9 Å². The molecule has 11 atom stereocenters. The van der Waals surface area contributed by atoms with E-state index in [1.807, 2.05) is 13.8 Å². The van der Waals surface area contributed by atoms with Crippen molar-refractivity contribution in [1.29, 1.82) is 0 Å². The number of esters is 2. The molecule has 5 rings (SSSR count). The van der Waals surface area contributed by atoms with E-state index in [1.165, 1.54) is 0 Å². The van der Waals surface area contributed by atoms with E-state index in [0.29, 0.717) is 23.9 Å².